The van der Waals surface area contributed by atoms with Gasteiger partial charge in [-0.15, -0.1) is 0 Å². The van der Waals surface area contributed by atoms with Crippen LogP contribution in [0.15, 0.2) is 59.5 Å². The molecule has 0 amide bonds. The van der Waals surface area contributed by atoms with Crippen LogP contribution in [0, 0.1) is 6.92 Å². The first-order valence-corrected chi connectivity index (χ1v) is 7.99. The molecule has 2 N–H and O–H groups in total. The number of benzene rings is 1. The Morgan fingerprint density at radius 2 is 1.87 bits per heavy atom. The Hall–Kier alpha value is -2.47. The summed E-state index contributed by atoms with van der Waals surface area (Å²) < 4.78 is 1.06. The minimum absolute atomic E-state index is 0.581. The molecule has 2 heterocycles. The second-order valence-electron chi connectivity index (χ2n) is 5.06. The molecule has 0 unspecified atom stereocenters. The molecule has 3 aromatic rings. The Kier molecular flexibility index (Phi) is 4.83. The fourth-order valence-electron chi connectivity index (χ4n) is 2.01. The smallest absolute Gasteiger partial charge is 0.224 e. The zero-order valence-electron chi connectivity index (χ0n) is 12.6. The Bertz CT molecular complexity index is 792. The zero-order chi connectivity index (χ0) is 16.1. The van der Waals surface area contributed by atoms with Gasteiger partial charge in [0.2, 0.25) is 5.95 Å². The Morgan fingerprint density at radius 1 is 1.04 bits per heavy atom. The maximum absolute atomic E-state index is 4.47. The van der Waals surface area contributed by atoms with E-state index in [4.69, 9.17) is 0 Å². The van der Waals surface area contributed by atoms with Crippen molar-refractivity contribution in [2.75, 3.05) is 10.6 Å². The van der Waals surface area contributed by atoms with E-state index in [2.05, 4.69) is 54.5 Å². The van der Waals surface area contributed by atoms with Gasteiger partial charge in [-0.3, -0.25) is 4.98 Å². The lowest BCUT2D eigenvalue weighted by Gasteiger charge is -2.09. The molecule has 116 valence electrons. The fraction of sp³-hybridized carbons (Fsp3) is 0.118. The third-order valence-electron chi connectivity index (χ3n) is 3.30. The molecule has 5 nitrogen and oxygen atoms in total. The number of hydrogen-bond donors (Lipinski definition) is 2. The lowest BCUT2D eigenvalue weighted by molar-refractivity contribution is 1.05. The fourth-order valence-corrected chi connectivity index (χ4v) is 2.39. The van der Waals surface area contributed by atoms with Gasteiger partial charge in [0.1, 0.15) is 5.82 Å². The highest BCUT2D eigenvalue weighted by atomic mass is 79.9. The van der Waals surface area contributed by atoms with E-state index in [0.717, 1.165) is 21.5 Å². The molecule has 0 spiro atoms. The number of hydrogen-bond acceptors (Lipinski definition) is 5. The van der Waals surface area contributed by atoms with Gasteiger partial charge < -0.3 is 10.6 Å². The van der Waals surface area contributed by atoms with E-state index in [1.807, 2.05) is 30.3 Å². The molecule has 23 heavy (non-hydrogen) atoms. The second-order valence-corrected chi connectivity index (χ2v) is 5.92. The van der Waals surface area contributed by atoms with Gasteiger partial charge in [-0.2, -0.15) is 4.98 Å². The molecule has 3 rings (SSSR count). The monoisotopic (exact) mass is 369 g/mol. The normalized spacial score (nSPS) is 10.3. The summed E-state index contributed by atoms with van der Waals surface area (Å²) in [5, 5.41) is 6.49. The summed E-state index contributed by atoms with van der Waals surface area (Å²) in [6, 6.07) is 11.9. The third-order valence-corrected chi connectivity index (χ3v) is 4.15. The van der Waals surface area contributed by atoms with Crippen LogP contribution >= 0.6 is 15.9 Å². The summed E-state index contributed by atoms with van der Waals surface area (Å²) in [5.41, 5.74) is 3.30. The van der Waals surface area contributed by atoms with Gasteiger partial charge in [0.15, 0.2) is 0 Å². The van der Waals surface area contributed by atoms with Crippen LogP contribution in [0.4, 0.5) is 17.5 Å². The van der Waals surface area contributed by atoms with Gasteiger partial charge in [-0.1, -0.05) is 22.0 Å². The van der Waals surface area contributed by atoms with E-state index in [1.54, 1.807) is 18.6 Å². The minimum Gasteiger partial charge on any atom is -0.350 e. The number of anilines is 3. The highest BCUT2D eigenvalue weighted by Gasteiger charge is 2.02. The number of aryl methyl sites for hydroxylation is 1. The van der Waals surface area contributed by atoms with E-state index in [-0.39, 0.29) is 0 Å². The van der Waals surface area contributed by atoms with Crippen molar-refractivity contribution >= 4 is 33.4 Å². The van der Waals surface area contributed by atoms with Crippen molar-refractivity contribution in [2.45, 2.75) is 13.5 Å². The minimum atomic E-state index is 0.581. The second kappa shape index (κ2) is 7.19. The predicted octanol–water partition coefficient (Wildman–Crippen LogP) is 4.30. The van der Waals surface area contributed by atoms with E-state index >= 15 is 0 Å². The Morgan fingerprint density at radius 3 is 2.65 bits per heavy atom. The molecule has 0 saturated heterocycles. The van der Waals surface area contributed by atoms with Gasteiger partial charge >= 0.3 is 0 Å². The van der Waals surface area contributed by atoms with Crippen LogP contribution < -0.4 is 10.6 Å². The molecule has 6 heteroatoms. The number of nitrogens with zero attached hydrogens (tertiary/aromatic N) is 3. The highest BCUT2D eigenvalue weighted by Crippen LogP contribution is 2.23. The van der Waals surface area contributed by atoms with Crippen LogP contribution in [0.2, 0.25) is 0 Å². The summed E-state index contributed by atoms with van der Waals surface area (Å²) in [5.74, 6) is 1.32. The maximum atomic E-state index is 4.47. The zero-order valence-corrected chi connectivity index (χ0v) is 14.2. The lowest BCUT2D eigenvalue weighted by Crippen LogP contribution is -2.05. The molecule has 0 radical (unpaired) electrons. The molecule has 0 fully saturated rings. The number of rotatable bonds is 5. The van der Waals surface area contributed by atoms with Crippen LogP contribution in [0.25, 0.3) is 0 Å². The topological polar surface area (TPSA) is 62.7 Å². The van der Waals surface area contributed by atoms with Crippen molar-refractivity contribution in [3.8, 4) is 0 Å². The van der Waals surface area contributed by atoms with Crippen LogP contribution in [0.1, 0.15) is 11.1 Å². The molecular formula is C17H16BrN5. The van der Waals surface area contributed by atoms with E-state index < -0.39 is 0 Å². The first kappa shape index (κ1) is 15.4. The number of nitrogens with one attached hydrogen (secondary N) is 2. The third kappa shape index (κ3) is 4.26. The van der Waals surface area contributed by atoms with Crippen LogP contribution in [-0.4, -0.2) is 15.0 Å². The largest absolute Gasteiger partial charge is 0.350 e. The number of halogens is 1. The molecule has 0 bridgehead atoms. The molecule has 0 atom stereocenters. The first-order chi connectivity index (χ1) is 11.2. The quantitative estimate of drug-likeness (QED) is 0.701. The molecule has 2 aromatic heterocycles. The Labute approximate surface area is 143 Å². The SMILES string of the molecule is Cc1ccc(Nc2ccnc(NCc3ccncc3)n2)cc1Br. The van der Waals surface area contributed by atoms with E-state index in [9.17, 15) is 0 Å². The van der Waals surface area contributed by atoms with Crippen molar-refractivity contribution in [3.63, 3.8) is 0 Å². The molecular weight excluding hydrogens is 354 g/mol. The highest BCUT2D eigenvalue weighted by molar-refractivity contribution is 9.10. The van der Waals surface area contributed by atoms with Crippen LogP contribution in [0.3, 0.4) is 0 Å². The van der Waals surface area contributed by atoms with Gasteiger partial charge in [-0.25, -0.2) is 4.98 Å². The molecule has 0 aliphatic rings. The number of pyridine rings is 1. The average molecular weight is 370 g/mol. The number of aromatic nitrogens is 3. The van der Waals surface area contributed by atoms with Crippen molar-refractivity contribution < 1.29 is 0 Å². The summed E-state index contributed by atoms with van der Waals surface area (Å²) in [4.78, 5) is 12.7. The predicted molar refractivity (Wildman–Crippen MR) is 95.8 cm³/mol. The van der Waals surface area contributed by atoms with E-state index in [0.29, 0.717) is 12.5 Å². The maximum Gasteiger partial charge on any atom is 0.224 e. The van der Waals surface area contributed by atoms with Crippen molar-refractivity contribution in [1.82, 2.24) is 15.0 Å². The summed E-state index contributed by atoms with van der Waals surface area (Å²) >= 11 is 3.53. The van der Waals surface area contributed by atoms with Crippen molar-refractivity contribution in [1.29, 1.82) is 0 Å². The summed E-state index contributed by atoms with van der Waals surface area (Å²) in [7, 11) is 0. The Balaban J connectivity index is 1.68. The first-order valence-electron chi connectivity index (χ1n) is 7.20. The molecule has 0 aliphatic heterocycles. The van der Waals surface area contributed by atoms with Crippen molar-refractivity contribution in [3.05, 3.63) is 70.6 Å². The van der Waals surface area contributed by atoms with Crippen LogP contribution in [0.5, 0.6) is 0 Å². The van der Waals surface area contributed by atoms with Gasteiger partial charge in [0, 0.05) is 35.3 Å². The molecule has 1 aromatic carbocycles. The van der Waals surface area contributed by atoms with Gasteiger partial charge in [0.05, 0.1) is 0 Å². The van der Waals surface area contributed by atoms with Gasteiger partial charge in [0.25, 0.3) is 0 Å². The molecule has 0 saturated carbocycles. The van der Waals surface area contributed by atoms with Crippen LogP contribution in [-0.2, 0) is 6.54 Å². The van der Waals surface area contributed by atoms with Crippen molar-refractivity contribution in [2.24, 2.45) is 0 Å². The lowest BCUT2D eigenvalue weighted by atomic mass is 10.2. The molecule has 0 aliphatic carbocycles. The van der Waals surface area contributed by atoms with E-state index in [1.165, 1.54) is 5.56 Å². The average Bonchev–Trinajstić information content (AvgIpc) is 2.58. The summed E-state index contributed by atoms with van der Waals surface area (Å²) in [6.45, 7) is 2.71. The standard InChI is InChI=1S/C17H16BrN5/c1-12-2-3-14(10-15(12)18)22-16-6-9-20-17(23-16)21-11-13-4-7-19-8-5-13/h2-10H,11H2,1H3,(H2,20,21,22,23). The van der Waals surface area contributed by atoms with Gasteiger partial charge in [-0.05, 0) is 48.4 Å². The summed E-state index contributed by atoms with van der Waals surface area (Å²) in [6.07, 6.45) is 5.27.